The molecule has 2 aromatic rings. The van der Waals surface area contributed by atoms with Crippen LogP contribution in [0.25, 0.3) is 0 Å². The second kappa shape index (κ2) is 5.27. The third-order valence-electron chi connectivity index (χ3n) is 2.08. The highest BCUT2D eigenvalue weighted by molar-refractivity contribution is 7.09. The summed E-state index contributed by atoms with van der Waals surface area (Å²) in [5, 5.41) is 5.60. The summed E-state index contributed by atoms with van der Waals surface area (Å²) in [5.74, 6) is -0.283. The van der Waals surface area contributed by atoms with Crippen molar-refractivity contribution in [1.29, 1.82) is 0 Å². The number of anilines is 1. The fraction of sp³-hybridized carbons (Fsp3) is 0.0909. The summed E-state index contributed by atoms with van der Waals surface area (Å²) < 4.78 is 0. The van der Waals surface area contributed by atoms with E-state index in [1.165, 1.54) is 11.3 Å². The summed E-state index contributed by atoms with van der Waals surface area (Å²) >= 11 is 7.30. The number of nitrogens with one attached hydrogen (secondary N) is 1. The summed E-state index contributed by atoms with van der Waals surface area (Å²) in [6.07, 6.45) is 0. The Labute approximate surface area is 107 Å². The van der Waals surface area contributed by atoms with Crippen LogP contribution in [0.15, 0.2) is 29.6 Å². The molecular weight excluding hydrogens is 258 g/mol. The minimum Gasteiger partial charge on any atom is -0.325 e. The van der Waals surface area contributed by atoms with Crippen LogP contribution < -0.4 is 11.1 Å². The van der Waals surface area contributed by atoms with E-state index >= 15 is 0 Å². The van der Waals surface area contributed by atoms with E-state index in [-0.39, 0.29) is 5.91 Å². The number of hydrogen-bond acceptors (Lipinski definition) is 4. The van der Waals surface area contributed by atoms with Gasteiger partial charge in [0, 0.05) is 11.9 Å². The van der Waals surface area contributed by atoms with Crippen molar-refractivity contribution >= 4 is 34.5 Å². The van der Waals surface area contributed by atoms with Crippen LogP contribution in [-0.2, 0) is 6.54 Å². The van der Waals surface area contributed by atoms with E-state index < -0.39 is 0 Å². The minimum absolute atomic E-state index is 0.283. The lowest BCUT2D eigenvalue weighted by Crippen LogP contribution is -2.13. The van der Waals surface area contributed by atoms with Crippen LogP contribution in [0.5, 0.6) is 0 Å². The van der Waals surface area contributed by atoms with E-state index in [0.29, 0.717) is 22.9 Å². The van der Waals surface area contributed by atoms with Crippen molar-refractivity contribution in [3.05, 3.63) is 45.4 Å². The van der Waals surface area contributed by atoms with Gasteiger partial charge in [-0.25, -0.2) is 4.98 Å². The highest BCUT2D eigenvalue weighted by atomic mass is 35.5. The highest BCUT2D eigenvalue weighted by Gasteiger charge is 2.11. The van der Waals surface area contributed by atoms with Gasteiger partial charge in [0.05, 0.1) is 10.7 Å². The molecule has 0 aliphatic rings. The molecule has 2 rings (SSSR count). The van der Waals surface area contributed by atoms with Gasteiger partial charge in [0.25, 0.3) is 5.91 Å². The molecule has 6 heteroatoms. The van der Waals surface area contributed by atoms with Gasteiger partial charge < -0.3 is 11.1 Å². The molecule has 0 bridgehead atoms. The third kappa shape index (κ3) is 2.82. The maximum atomic E-state index is 11.8. The van der Waals surface area contributed by atoms with Crippen molar-refractivity contribution in [3.63, 3.8) is 0 Å². The average molecular weight is 268 g/mol. The molecular formula is C11H10ClN3OS. The number of carbonyl (C=O) groups excluding carboxylic acids is 1. The number of amides is 1. The number of thiazole rings is 1. The first kappa shape index (κ1) is 12.0. The SMILES string of the molecule is NCc1nc(C(=O)Nc2ccccc2Cl)cs1. The number of aromatic nitrogens is 1. The van der Waals surface area contributed by atoms with Gasteiger partial charge in [0.1, 0.15) is 10.7 Å². The predicted octanol–water partition coefficient (Wildman–Crippen LogP) is 2.51. The lowest BCUT2D eigenvalue weighted by atomic mass is 10.3. The van der Waals surface area contributed by atoms with Crippen LogP contribution >= 0.6 is 22.9 Å². The molecule has 0 saturated heterocycles. The first-order valence-electron chi connectivity index (χ1n) is 4.91. The Morgan fingerprint density at radius 2 is 2.24 bits per heavy atom. The third-order valence-corrected chi connectivity index (χ3v) is 3.28. The summed E-state index contributed by atoms with van der Waals surface area (Å²) in [6.45, 7) is 0.337. The molecule has 17 heavy (non-hydrogen) atoms. The molecule has 1 amide bonds. The van der Waals surface area contributed by atoms with E-state index in [4.69, 9.17) is 17.3 Å². The number of halogens is 1. The molecule has 88 valence electrons. The molecule has 0 aliphatic carbocycles. The maximum Gasteiger partial charge on any atom is 0.275 e. The van der Waals surface area contributed by atoms with Crippen molar-refractivity contribution in [3.8, 4) is 0 Å². The van der Waals surface area contributed by atoms with Crippen LogP contribution in [0.3, 0.4) is 0 Å². The molecule has 0 fully saturated rings. The molecule has 0 spiro atoms. The second-order valence-corrected chi connectivity index (χ2v) is 4.61. The quantitative estimate of drug-likeness (QED) is 0.898. The maximum absolute atomic E-state index is 11.8. The molecule has 0 atom stereocenters. The largest absolute Gasteiger partial charge is 0.325 e. The normalized spacial score (nSPS) is 10.2. The Bertz CT molecular complexity index is 541. The van der Waals surface area contributed by atoms with E-state index in [9.17, 15) is 4.79 Å². The Kier molecular flexibility index (Phi) is 3.73. The molecule has 1 heterocycles. The molecule has 0 radical (unpaired) electrons. The van der Waals surface area contributed by atoms with E-state index in [1.54, 1.807) is 29.6 Å². The Balaban J connectivity index is 2.14. The van der Waals surface area contributed by atoms with Crippen LogP contribution in [0, 0.1) is 0 Å². The van der Waals surface area contributed by atoms with Crippen molar-refractivity contribution < 1.29 is 4.79 Å². The van der Waals surface area contributed by atoms with Gasteiger partial charge in [-0.15, -0.1) is 11.3 Å². The molecule has 0 unspecified atom stereocenters. The second-order valence-electron chi connectivity index (χ2n) is 3.26. The fourth-order valence-electron chi connectivity index (χ4n) is 1.26. The first-order chi connectivity index (χ1) is 8.20. The predicted molar refractivity (Wildman–Crippen MR) is 69.4 cm³/mol. The van der Waals surface area contributed by atoms with Crippen LogP contribution in [-0.4, -0.2) is 10.9 Å². The molecule has 3 N–H and O–H groups in total. The van der Waals surface area contributed by atoms with Gasteiger partial charge in [-0.3, -0.25) is 4.79 Å². The van der Waals surface area contributed by atoms with Crippen LogP contribution in [0.4, 0.5) is 5.69 Å². The lowest BCUT2D eigenvalue weighted by Gasteiger charge is -2.04. The standard InChI is InChI=1S/C11H10ClN3OS/c12-7-3-1-2-4-8(7)15-11(16)9-6-17-10(5-13)14-9/h1-4,6H,5,13H2,(H,15,16). The number of benzene rings is 1. The number of rotatable bonds is 3. The monoisotopic (exact) mass is 267 g/mol. The molecule has 0 saturated carbocycles. The van der Waals surface area contributed by atoms with E-state index in [2.05, 4.69) is 10.3 Å². The zero-order valence-electron chi connectivity index (χ0n) is 8.81. The van der Waals surface area contributed by atoms with E-state index in [1.807, 2.05) is 0 Å². The van der Waals surface area contributed by atoms with Crippen LogP contribution in [0.2, 0.25) is 5.02 Å². The average Bonchev–Trinajstić information content (AvgIpc) is 2.81. The van der Waals surface area contributed by atoms with Crippen LogP contribution in [0.1, 0.15) is 15.5 Å². The molecule has 1 aromatic heterocycles. The molecule has 4 nitrogen and oxygen atoms in total. The summed E-state index contributed by atoms with van der Waals surface area (Å²) in [7, 11) is 0. The summed E-state index contributed by atoms with van der Waals surface area (Å²) in [4.78, 5) is 15.9. The van der Waals surface area contributed by atoms with E-state index in [0.717, 1.165) is 5.01 Å². The van der Waals surface area contributed by atoms with Gasteiger partial charge in [-0.2, -0.15) is 0 Å². The van der Waals surface area contributed by atoms with Gasteiger partial charge >= 0.3 is 0 Å². The zero-order valence-corrected chi connectivity index (χ0v) is 10.4. The highest BCUT2D eigenvalue weighted by Crippen LogP contribution is 2.21. The van der Waals surface area contributed by atoms with Crippen molar-refractivity contribution in [2.45, 2.75) is 6.54 Å². The van der Waals surface area contributed by atoms with Gasteiger partial charge in [-0.1, -0.05) is 23.7 Å². The lowest BCUT2D eigenvalue weighted by molar-refractivity contribution is 0.102. The number of para-hydroxylation sites is 1. The number of hydrogen-bond donors (Lipinski definition) is 2. The first-order valence-corrected chi connectivity index (χ1v) is 6.17. The van der Waals surface area contributed by atoms with Crippen molar-refractivity contribution in [2.24, 2.45) is 5.73 Å². The van der Waals surface area contributed by atoms with Crippen molar-refractivity contribution in [2.75, 3.05) is 5.32 Å². The fourth-order valence-corrected chi connectivity index (χ4v) is 2.10. The minimum atomic E-state index is -0.283. The Morgan fingerprint density at radius 1 is 1.47 bits per heavy atom. The molecule has 1 aromatic carbocycles. The number of nitrogens with zero attached hydrogens (tertiary/aromatic N) is 1. The summed E-state index contributed by atoms with van der Waals surface area (Å²) in [6, 6.07) is 7.04. The van der Waals surface area contributed by atoms with Crippen molar-refractivity contribution in [1.82, 2.24) is 4.98 Å². The zero-order chi connectivity index (χ0) is 12.3. The summed E-state index contributed by atoms with van der Waals surface area (Å²) in [5.41, 5.74) is 6.36. The number of carbonyl (C=O) groups is 1. The smallest absolute Gasteiger partial charge is 0.275 e. The van der Waals surface area contributed by atoms with Gasteiger partial charge in [0.2, 0.25) is 0 Å². The Morgan fingerprint density at radius 3 is 2.88 bits per heavy atom. The molecule has 0 aliphatic heterocycles. The van der Waals surface area contributed by atoms with Gasteiger partial charge in [0.15, 0.2) is 0 Å². The Hall–Kier alpha value is -1.43. The number of nitrogens with two attached hydrogens (primary N) is 1. The topological polar surface area (TPSA) is 68.0 Å². The van der Waals surface area contributed by atoms with Gasteiger partial charge in [-0.05, 0) is 12.1 Å².